The Hall–Kier alpha value is -1.04. The fraction of sp³-hybridized carbons (Fsp3) is 0.684. The van der Waals surface area contributed by atoms with Crippen molar-refractivity contribution in [2.75, 3.05) is 26.2 Å². The Morgan fingerprint density at radius 1 is 1.00 bits per heavy atom. The Morgan fingerprint density at radius 2 is 1.62 bits per heavy atom. The summed E-state index contributed by atoms with van der Waals surface area (Å²) in [5, 5.41) is 10.6. The van der Waals surface area contributed by atoms with E-state index < -0.39 is 11.6 Å². The van der Waals surface area contributed by atoms with Crippen LogP contribution in [-0.4, -0.2) is 53.2 Å². The van der Waals surface area contributed by atoms with Crippen LogP contribution >= 0.6 is 0 Å². The second kappa shape index (κ2) is 6.70. The van der Waals surface area contributed by atoms with Crippen LogP contribution in [0.3, 0.4) is 0 Å². The van der Waals surface area contributed by atoms with E-state index in [2.05, 4.69) is 9.80 Å². The zero-order valence-corrected chi connectivity index (χ0v) is 14.0. The Balaban J connectivity index is 1.42. The Labute approximate surface area is 142 Å². The second-order valence-corrected chi connectivity index (χ2v) is 7.76. The number of hydrogen-bond acceptors (Lipinski definition) is 3. The van der Waals surface area contributed by atoms with Crippen molar-refractivity contribution in [3.63, 3.8) is 0 Å². The number of fused-ring (bicyclic) bond motifs is 1. The van der Waals surface area contributed by atoms with Crippen molar-refractivity contribution in [1.29, 1.82) is 0 Å². The number of benzene rings is 1. The number of halogens is 2. The van der Waals surface area contributed by atoms with Gasteiger partial charge in [0.15, 0.2) is 0 Å². The average Bonchev–Trinajstić information content (AvgIpc) is 3.19. The highest BCUT2D eigenvalue weighted by molar-refractivity contribution is 5.19. The summed E-state index contributed by atoms with van der Waals surface area (Å²) in [4.78, 5) is 4.61. The number of nitrogens with zero attached hydrogens (tertiary/aromatic N) is 2. The molecule has 5 heteroatoms. The lowest BCUT2D eigenvalue weighted by molar-refractivity contribution is -0.000861. The van der Waals surface area contributed by atoms with E-state index >= 15 is 0 Å². The van der Waals surface area contributed by atoms with Gasteiger partial charge in [-0.2, -0.15) is 0 Å². The molecule has 2 heterocycles. The van der Waals surface area contributed by atoms with Crippen molar-refractivity contribution in [3.8, 4) is 0 Å². The maximum atomic E-state index is 13.9. The van der Waals surface area contributed by atoms with Crippen LogP contribution in [-0.2, 0) is 6.54 Å². The molecule has 1 aromatic carbocycles. The molecule has 3 fully saturated rings. The molecule has 1 N–H and O–H groups in total. The molecule has 3 nitrogen and oxygen atoms in total. The zero-order valence-electron chi connectivity index (χ0n) is 14.0. The SMILES string of the molecule is O[C@@H]1C[C@H]2CN(Cc3c(F)cccc3F)C[C@H]2C[C@H]1N1CCCC1. The fourth-order valence-electron chi connectivity index (χ4n) is 5.01. The van der Waals surface area contributed by atoms with Gasteiger partial charge in [-0.25, -0.2) is 8.78 Å². The molecule has 4 rings (SSSR count). The summed E-state index contributed by atoms with van der Waals surface area (Å²) in [7, 11) is 0. The lowest BCUT2D eigenvalue weighted by Crippen LogP contribution is -2.48. The minimum atomic E-state index is -0.458. The third-order valence-electron chi connectivity index (χ3n) is 6.24. The van der Waals surface area contributed by atoms with Gasteiger partial charge >= 0.3 is 0 Å². The molecule has 1 aliphatic carbocycles. The first-order valence-corrected chi connectivity index (χ1v) is 9.19. The van der Waals surface area contributed by atoms with Gasteiger partial charge < -0.3 is 5.11 Å². The van der Waals surface area contributed by atoms with Crippen LogP contribution in [0.5, 0.6) is 0 Å². The van der Waals surface area contributed by atoms with Gasteiger partial charge in [-0.1, -0.05) is 6.07 Å². The van der Waals surface area contributed by atoms with Gasteiger partial charge in [0.25, 0.3) is 0 Å². The number of hydrogen-bond donors (Lipinski definition) is 1. The first-order valence-electron chi connectivity index (χ1n) is 9.19. The smallest absolute Gasteiger partial charge is 0.130 e. The first-order chi connectivity index (χ1) is 11.6. The van der Waals surface area contributed by atoms with E-state index in [0.717, 1.165) is 39.0 Å². The monoisotopic (exact) mass is 336 g/mol. The summed E-state index contributed by atoms with van der Waals surface area (Å²) in [6.45, 7) is 4.25. The molecule has 2 aliphatic heterocycles. The van der Waals surface area contributed by atoms with Crippen LogP contribution in [0.25, 0.3) is 0 Å². The predicted octanol–water partition coefficient (Wildman–Crippen LogP) is 2.63. The van der Waals surface area contributed by atoms with Gasteiger partial charge in [-0.15, -0.1) is 0 Å². The largest absolute Gasteiger partial charge is 0.391 e. The number of aliphatic hydroxyl groups is 1. The van der Waals surface area contributed by atoms with Crippen molar-refractivity contribution in [2.45, 2.75) is 44.4 Å². The lowest BCUT2D eigenvalue weighted by atomic mass is 9.77. The number of rotatable bonds is 3. The Bertz CT molecular complexity index is 570. The van der Waals surface area contributed by atoms with Gasteiger partial charge in [0.2, 0.25) is 0 Å². The molecule has 0 bridgehead atoms. The molecular weight excluding hydrogens is 310 g/mol. The zero-order chi connectivity index (χ0) is 16.7. The van der Waals surface area contributed by atoms with Gasteiger partial charge in [-0.05, 0) is 62.7 Å². The van der Waals surface area contributed by atoms with Crippen LogP contribution in [0.2, 0.25) is 0 Å². The molecule has 0 spiro atoms. The van der Waals surface area contributed by atoms with E-state index in [0.29, 0.717) is 18.4 Å². The van der Waals surface area contributed by atoms with Crippen LogP contribution in [0.1, 0.15) is 31.2 Å². The van der Waals surface area contributed by atoms with Crippen LogP contribution in [0, 0.1) is 23.5 Å². The van der Waals surface area contributed by atoms with Crippen molar-refractivity contribution in [1.82, 2.24) is 9.80 Å². The average molecular weight is 336 g/mol. The highest BCUT2D eigenvalue weighted by Gasteiger charge is 2.43. The summed E-state index contributed by atoms with van der Waals surface area (Å²) in [6.07, 6.45) is 4.05. The minimum Gasteiger partial charge on any atom is -0.391 e. The predicted molar refractivity (Wildman–Crippen MR) is 88.5 cm³/mol. The molecule has 0 amide bonds. The van der Waals surface area contributed by atoms with E-state index in [-0.39, 0.29) is 17.7 Å². The van der Waals surface area contributed by atoms with E-state index in [1.54, 1.807) is 0 Å². The van der Waals surface area contributed by atoms with Crippen molar-refractivity contribution in [2.24, 2.45) is 11.8 Å². The summed E-state index contributed by atoms with van der Waals surface area (Å²) in [5.74, 6) is 0.0715. The van der Waals surface area contributed by atoms with Gasteiger partial charge in [0, 0.05) is 31.2 Å². The minimum absolute atomic E-state index is 0.174. The van der Waals surface area contributed by atoms with Crippen LogP contribution in [0.4, 0.5) is 8.78 Å². The maximum Gasteiger partial charge on any atom is 0.130 e. The van der Waals surface area contributed by atoms with Crippen molar-refractivity contribution >= 4 is 0 Å². The van der Waals surface area contributed by atoms with Crippen LogP contribution < -0.4 is 0 Å². The first kappa shape index (κ1) is 16.4. The molecular formula is C19H26F2N2O. The molecule has 2 saturated heterocycles. The molecule has 1 saturated carbocycles. The summed E-state index contributed by atoms with van der Waals surface area (Å²) in [5.41, 5.74) is 0.174. The molecule has 0 radical (unpaired) electrons. The molecule has 0 aromatic heterocycles. The van der Waals surface area contributed by atoms with Gasteiger partial charge in [0.05, 0.1) is 6.10 Å². The van der Waals surface area contributed by atoms with E-state index in [1.807, 2.05) is 0 Å². The fourth-order valence-corrected chi connectivity index (χ4v) is 5.01. The highest BCUT2D eigenvalue weighted by atomic mass is 19.1. The van der Waals surface area contributed by atoms with Crippen molar-refractivity contribution in [3.05, 3.63) is 35.4 Å². The third-order valence-corrected chi connectivity index (χ3v) is 6.24. The Kier molecular flexibility index (Phi) is 4.58. The second-order valence-electron chi connectivity index (χ2n) is 7.76. The Morgan fingerprint density at radius 3 is 2.29 bits per heavy atom. The summed E-state index contributed by atoms with van der Waals surface area (Å²) in [6, 6.07) is 4.34. The molecule has 132 valence electrons. The third kappa shape index (κ3) is 3.09. The highest BCUT2D eigenvalue weighted by Crippen LogP contribution is 2.39. The topological polar surface area (TPSA) is 26.7 Å². The number of aliphatic hydroxyl groups excluding tert-OH is 1. The standard InChI is InChI=1S/C19H26F2N2O/c20-16-4-3-5-17(21)15(16)12-22-10-13-8-18(23-6-1-2-7-23)19(24)9-14(13)11-22/h3-5,13-14,18-19,24H,1-2,6-12H2/t13-,14+,18-,19-/m1/s1. The van der Waals surface area contributed by atoms with E-state index in [4.69, 9.17) is 0 Å². The van der Waals surface area contributed by atoms with Crippen LogP contribution in [0.15, 0.2) is 18.2 Å². The number of likely N-dealkylation sites (tertiary alicyclic amines) is 2. The van der Waals surface area contributed by atoms with E-state index in [1.165, 1.54) is 31.0 Å². The normalized spacial score (nSPS) is 34.6. The molecule has 4 atom stereocenters. The molecule has 3 aliphatic rings. The summed E-state index contributed by atoms with van der Waals surface area (Å²) < 4.78 is 27.8. The van der Waals surface area contributed by atoms with Crippen molar-refractivity contribution < 1.29 is 13.9 Å². The maximum absolute atomic E-state index is 13.9. The molecule has 24 heavy (non-hydrogen) atoms. The van der Waals surface area contributed by atoms with Gasteiger partial charge in [0.1, 0.15) is 11.6 Å². The molecule has 1 aromatic rings. The van der Waals surface area contributed by atoms with Gasteiger partial charge in [-0.3, -0.25) is 9.80 Å². The quantitative estimate of drug-likeness (QED) is 0.919. The lowest BCUT2D eigenvalue weighted by Gasteiger charge is -2.40. The molecule has 0 unspecified atom stereocenters. The van der Waals surface area contributed by atoms with E-state index in [9.17, 15) is 13.9 Å². The summed E-state index contributed by atoms with van der Waals surface area (Å²) >= 11 is 0.